The van der Waals surface area contributed by atoms with Gasteiger partial charge in [-0.05, 0) is 25.5 Å². The molecule has 0 aliphatic carbocycles. The topological polar surface area (TPSA) is 122 Å². The summed E-state index contributed by atoms with van der Waals surface area (Å²) in [6.07, 6.45) is 0.612. The molecule has 1 fully saturated rings. The fourth-order valence-electron chi connectivity index (χ4n) is 3.17. The Hall–Kier alpha value is -3.03. The fourth-order valence-corrected chi connectivity index (χ4v) is 3.17. The molecule has 3 rings (SSSR count). The summed E-state index contributed by atoms with van der Waals surface area (Å²) < 4.78 is 10.5. The van der Waals surface area contributed by atoms with Crippen molar-refractivity contribution < 1.29 is 14.2 Å². The van der Waals surface area contributed by atoms with E-state index in [2.05, 4.69) is 15.0 Å². The molecule has 10 nitrogen and oxygen atoms in total. The zero-order valence-electron chi connectivity index (χ0n) is 15.9. The van der Waals surface area contributed by atoms with Crippen LogP contribution in [0.4, 0.5) is 11.4 Å². The highest BCUT2D eigenvalue weighted by molar-refractivity contribution is 5.65. The third-order valence-electron chi connectivity index (χ3n) is 4.79. The third kappa shape index (κ3) is 4.44. The molecular formula is C18H22N6O4. The Morgan fingerprint density at radius 1 is 1.39 bits per heavy atom. The van der Waals surface area contributed by atoms with Crippen LogP contribution in [-0.2, 0) is 11.3 Å². The second-order valence-corrected chi connectivity index (χ2v) is 6.61. The number of hydrogen-bond donors (Lipinski definition) is 0. The van der Waals surface area contributed by atoms with Gasteiger partial charge in [0.25, 0.3) is 5.69 Å². The molecule has 0 spiro atoms. The minimum atomic E-state index is -0.435. The van der Waals surface area contributed by atoms with Crippen molar-refractivity contribution in [1.29, 1.82) is 5.26 Å². The van der Waals surface area contributed by atoms with Crippen LogP contribution in [0.25, 0.3) is 0 Å². The van der Waals surface area contributed by atoms with E-state index in [0.29, 0.717) is 43.6 Å². The van der Waals surface area contributed by atoms with Crippen molar-refractivity contribution in [2.45, 2.75) is 26.0 Å². The average molecular weight is 386 g/mol. The number of nitro groups is 1. The number of nitriles is 1. The van der Waals surface area contributed by atoms with E-state index in [4.69, 9.17) is 14.5 Å². The lowest BCUT2D eigenvalue weighted by atomic mass is 10.1. The Labute approximate surface area is 162 Å². The monoisotopic (exact) mass is 386 g/mol. The van der Waals surface area contributed by atoms with Gasteiger partial charge >= 0.3 is 0 Å². The van der Waals surface area contributed by atoms with E-state index in [1.807, 2.05) is 17.9 Å². The molecular weight excluding hydrogens is 364 g/mol. The lowest BCUT2D eigenvalue weighted by molar-refractivity contribution is -0.384. The molecule has 1 atom stereocenters. The first-order valence-electron chi connectivity index (χ1n) is 9.03. The number of nitrogens with zero attached hydrogens (tertiary/aromatic N) is 6. The molecule has 1 aliphatic rings. The van der Waals surface area contributed by atoms with E-state index in [0.717, 1.165) is 13.0 Å². The first kappa shape index (κ1) is 19.7. The highest BCUT2D eigenvalue weighted by Gasteiger charge is 2.24. The Bertz CT molecular complexity index is 877. The van der Waals surface area contributed by atoms with Crippen LogP contribution in [0.2, 0.25) is 0 Å². The predicted molar refractivity (Wildman–Crippen MR) is 99.6 cm³/mol. The zero-order chi connectivity index (χ0) is 20.1. The second-order valence-electron chi connectivity index (χ2n) is 6.61. The number of rotatable bonds is 6. The molecule has 28 heavy (non-hydrogen) atoms. The van der Waals surface area contributed by atoms with Gasteiger partial charge in [0.1, 0.15) is 11.8 Å². The molecule has 0 N–H and O–H groups in total. The zero-order valence-corrected chi connectivity index (χ0v) is 15.9. The molecule has 0 radical (unpaired) electrons. The van der Waals surface area contributed by atoms with Crippen LogP contribution >= 0.6 is 0 Å². The maximum atomic E-state index is 11.4. The third-order valence-corrected chi connectivity index (χ3v) is 4.79. The largest absolute Gasteiger partial charge is 0.374 e. The summed E-state index contributed by atoms with van der Waals surface area (Å²) in [6.45, 7) is 5.21. The fraction of sp³-hybridized carbons (Fsp3) is 0.500. The van der Waals surface area contributed by atoms with Crippen molar-refractivity contribution in [1.82, 2.24) is 15.0 Å². The van der Waals surface area contributed by atoms with Crippen molar-refractivity contribution in [3.8, 4) is 6.07 Å². The van der Waals surface area contributed by atoms with Gasteiger partial charge in [-0.2, -0.15) is 10.2 Å². The van der Waals surface area contributed by atoms with Gasteiger partial charge in [0.15, 0.2) is 5.82 Å². The quantitative estimate of drug-likeness (QED) is 0.543. The van der Waals surface area contributed by atoms with Gasteiger partial charge in [0.05, 0.1) is 23.1 Å². The molecule has 148 valence electrons. The standard InChI is InChI=1S/C18H22N6O4/c1-13(27-2)18-20-17(28-21-18)12-22-6-3-7-23(9-8-22)15-5-4-14(11-19)10-16(15)24(25)26/h4-5,10,13H,3,6-9,12H2,1-2H3. The molecule has 1 unspecified atom stereocenters. The van der Waals surface area contributed by atoms with Crippen LogP contribution in [0.1, 0.15) is 36.7 Å². The van der Waals surface area contributed by atoms with Gasteiger partial charge in [-0.1, -0.05) is 5.16 Å². The van der Waals surface area contributed by atoms with Crippen LogP contribution in [-0.4, -0.2) is 53.3 Å². The van der Waals surface area contributed by atoms with Crippen molar-refractivity contribution in [2.24, 2.45) is 0 Å². The van der Waals surface area contributed by atoms with Gasteiger partial charge < -0.3 is 14.2 Å². The minimum Gasteiger partial charge on any atom is -0.374 e. The molecule has 1 aliphatic heterocycles. The van der Waals surface area contributed by atoms with Crippen LogP contribution < -0.4 is 4.90 Å². The second kappa shape index (κ2) is 8.77. The number of nitro benzene ring substituents is 1. The first-order valence-corrected chi connectivity index (χ1v) is 9.03. The summed E-state index contributed by atoms with van der Waals surface area (Å²) in [7, 11) is 1.59. The molecule has 2 heterocycles. The Kier molecular flexibility index (Phi) is 6.18. The van der Waals surface area contributed by atoms with Crippen LogP contribution in [0.5, 0.6) is 0 Å². The normalized spacial score (nSPS) is 16.4. The van der Waals surface area contributed by atoms with Gasteiger partial charge in [-0.3, -0.25) is 15.0 Å². The molecule has 2 aromatic rings. The van der Waals surface area contributed by atoms with Crippen molar-refractivity contribution in [3.05, 3.63) is 45.6 Å². The summed E-state index contributed by atoms with van der Waals surface area (Å²) in [5.74, 6) is 1.04. The first-order chi connectivity index (χ1) is 13.5. The van der Waals surface area contributed by atoms with Gasteiger partial charge in [0, 0.05) is 39.4 Å². The van der Waals surface area contributed by atoms with E-state index in [1.54, 1.807) is 19.2 Å². The number of ether oxygens (including phenoxy) is 1. The molecule has 0 bridgehead atoms. The number of anilines is 1. The summed E-state index contributed by atoms with van der Waals surface area (Å²) in [4.78, 5) is 19.5. The van der Waals surface area contributed by atoms with E-state index in [1.165, 1.54) is 6.07 Å². The highest BCUT2D eigenvalue weighted by atomic mass is 16.6. The number of benzene rings is 1. The Morgan fingerprint density at radius 2 is 2.21 bits per heavy atom. The Morgan fingerprint density at radius 3 is 2.93 bits per heavy atom. The summed E-state index contributed by atoms with van der Waals surface area (Å²) in [5.41, 5.74) is 0.784. The van der Waals surface area contributed by atoms with E-state index in [9.17, 15) is 10.1 Å². The number of hydrogen-bond acceptors (Lipinski definition) is 9. The van der Waals surface area contributed by atoms with Gasteiger partial charge in [0.2, 0.25) is 5.89 Å². The minimum absolute atomic E-state index is 0.0393. The highest BCUT2D eigenvalue weighted by Crippen LogP contribution is 2.30. The SMILES string of the molecule is COC(C)c1noc(CN2CCCN(c3ccc(C#N)cc3[N+](=O)[O-])CC2)n1. The van der Waals surface area contributed by atoms with Gasteiger partial charge in [-0.15, -0.1) is 0 Å². The summed E-state index contributed by atoms with van der Waals surface area (Å²) in [6, 6.07) is 6.55. The molecule has 1 aromatic heterocycles. The number of methoxy groups -OCH3 is 1. The van der Waals surface area contributed by atoms with E-state index in [-0.39, 0.29) is 17.4 Å². The lowest BCUT2D eigenvalue weighted by Crippen LogP contribution is -2.31. The predicted octanol–water partition coefficient (Wildman–Crippen LogP) is 2.27. The van der Waals surface area contributed by atoms with E-state index < -0.39 is 4.92 Å². The van der Waals surface area contributed by atoms with Crippen LogP contribution in [0.3, 0.4) is 0 Å². The summed E-state index contributed by atoms with van der Waals surface area (Å²) >= 11 is 0. The van der Waals surface area contributed by atoms with Crippen molar-refractivity contribution in [3.63, 3.8) is 0 Å². The Balaban J connectivity index is 1.68. The molecule has 1 saturated heterocycles. The maximum absolute atomic E-state index is 11.4. The molecule has 1 aromatic carbocycles. The molecule has 10 heteroatoms. The summed E-state index contributed by atoms with van der Waals surface area (Å²) in [5, 5.41) is 24.4. The van der Waals surface area contributed by atoms with Crippen LogP contribution in [0, 0.1) is 21.4 Å². The molecule has 0 saturated carbocycles. The van der Waals surface area contributed by atoms with Crippen molar-refractivity contribution in [2.75, 3.05) is 38.2 Å². The maximum Gasteiger partial charge on any atom is 0.293 e. The lowest BCUT2D eigenvalue weighted by Gasteiger charge is -2.23. The average Bonchev–Trinajstić information content (AvgIpc) is 3.05. The van der Waals surface area contributed by atoms with Gasteiger partial charge in [-0.25, -0.2) is 0 Å². The van der Waals surface area contributed by atoms with Crippen LogP contribution in [0.15, 0.2) is 22.7 Å². The molecule has 0 amide bonds. The van der Waals surface area contributed by atoms with E-state index >= 15 is 0 Å². The number of aromatic nitrogens is 2. The van der Waals surface area contributed by atoms with Crippen molar-refractivity contribution >= 4 is 11.4 Å². The smallest absolute Gasteiger partial charge is 0.293 e.